The zero-order valence-electron chi connectivity index (χ0n) is 18.1. The lowest BCUT2D eigenvalue weighted by atomic mass is 9.96. The Bertz CT molecular complexity index is 841. The monoisotopic (exact) mass is 415 g/mol. The summed E-state index contributed by atoms with van der Waals surface area (Å²) in [6.45, 7) is 6.08. The second-order valence-electron chi connectivity index (χ2n) is 8.33. The maximum absolute atomic E-state index is 10.5. The molecule has 2 N–H and O–H groups in total. The molecular formula is C27H33N3O. The third-order valence-corrected chi connectivity index (χ3v) is 6.02. The highest BCUT2D eigenvalue weighted by Crippen LogP contribution is 2.29. The maximum Gasteiger partial charge on any atom is 0.0791 e. The van der Waals surface area contributed by atoms with Gasteiger partial charge >= 0.3 is 0 Å². The minimum absolute atomic E-state index is 0.280. The number of piperazine rings is 1. The van der Waals surface area contributed by atoms with Crippen LogP contribution in [0.3, 0.4) is 0 Å². The van der Waals surface area contributed by atoms with E-state index in [-0.39, 0.29) is 12.1 Å². The zero-order chi connectivity index (χ0) is 21.3. The number of β-amino-alcohol motifs (C(OH)–C–C–N with tert-alkyl or cyclic N) is 1. The van der Waals surface area contributed by atoms with E-state index >= 15 is 0 Å². The van der Waals surface area contributed by atoms with Crippen LogP contribution in [0.4, 0.5) is 0 Å². The molecule has 1 fully saturated rings. The fourth-order valence-electron chi connectivity index (χ4n) is 4.43. The summed E-state index contributed by atoms with van der Waals surface area (Å²) < 4.78 is 0. The van der Waals surface area contributed by atoms with Gasteiger partial charge in [0.1, 0.15) is 0 Å². The van der Waals surface area contributed by atoms with Crippen molar-refractivity contribution in [2.45, 2.75) is 18.7 Å². The molecule has 4 nitrogen and oxygen atoms in total. The molecule has 162 valence electrons. The van der Waals surface area contributed by atoms with Crippen molar-refractivity contribution >= 4 is 0 Å². The first-order valence-electron chi connectivity index (χ1n) is 11.3. The van der Waals surface area contributed by atoms with Crippen LogP contribution in [0.2, 0.25) is 0 Å². The highest BCUT2D eigenvalue weighted by molar-refractivity contribution is 5.32. The van der Waals surface area contributed by atoms with E-state index in [4.69, 9.17) is 0 Å². The van der Waals surface area contributed by atoms with E-state index in [9.17, 15) is 5.11 Å². The average molecular weight is 416 g/mol. The standard InChI is InChI=1S/C27H33N3O/c31-26(21-28-20-23-10-4-1-5-11-23)22-29-16-18-30(19-17-29)27(24-12-6-2-7-13-24)25-14-8-3-9-15-25/h1-15,26-28,31H,16-22H2. The predicted molar refractivity (Wildman–Crippen MR) is 127 cm³/mol. The van der Waals surface area contributed by atoms with Crippen LogP contribution in [0.15, 0.2) is 91.0 Å². The Kier molecular flexibility index (Phi) is 7.86. The molecule has 1 aliphatic rings. The lowest BCUT2D eigenvalue weighted by Crippen LogP contribution is -2.50. The van der Waals surface area contributed by atoms with Crippen molar-refractivity contribution in [3.8, 4) is 0 Å². The minimum Gasteiger partial charge on any atom is -0.390 e. The van der Waals surface area contributed by atoms with Crippen LogP contribution >= 0.6 is 0 Å². The van der Waals surface area contributed by atoms with Crippen molar-refractivity contribution in [2.75, 3.05) is 39.3 Å². The summed E-state index contributed by atoms with van der Waals surface area (Å²) >= 11 is 0. The molecule has 1 aliphatic heterocycles. The van der Waals surface area contributed by atoms with Crippen LogP contribution in [0.1, 0.15) is 22.7 Å². The Morgan fingerprint density at radius 3 is 1.77 bits per heavy atom. The van der Waals surface area contributed by atoms with E-state index in [1.165, 1.54) is 16.7 Å². The lowest BCUT2D eigenvalue weighted by Gasteiger charge is -2.40. The van der Waals surface area contributed by atoms with Crippen LogP contribution in [-0.4, -0.2) is 60.3 Å². The molecule has 0 aromatic heterocycles. The van der Waals surface area contributed by atoms with Gasteiger partial charge in [0.2, 0.25) is 0 Å². The number of hydrogen-bond donors (Lipinski definition) is 2. The van der Waals surface area contributed by atoms with Gasteiger partial charge < -0.3 is 10.4 Å². The van der Waals surface area contributed by atoms with Gasteiger partial charge in [-0.1, -0.05) is 91.0 Å². The van der Waals surface area contributed by atoms with Gasteiger partial charge in [0.15, 0.2) is 0 Å². The normalized spacial score (nSPS) is 16.5. The van der Waals surface area contributed by atoms with Gasteiger partial charge in [0, 0.05) is 45.8 Å². The molecule has 4 rings (SSSR count). The van der Waals surface area contributed by atoms with E-state index in [2.05, 4.69) is 87.9 Å². The van der Waals surface area contributed by atoms with Crippen molar-refractivity contribution in [3.63, 3.8) is 0 Å². The lowest BCUT2D eigenvalue weighted by molar-refractivity contribution is 0.0623. The number of aliphatic hydroxyl groups is 1. The molecule has 0 saturated carbocycles. The van der Waals surface area contributed by atoms with E-state index in [0.717, 1.165) is 39.3 Å². The van der Waals surface area contributed by atoms with Crippen LogP contribution in [0.5, 0.6) is 0 Å². The van der Waals surface area contributed by atoms with Crippen LogP contribution in [0.25, 0.3) is 0 Å². The number of aliphatic hydroxyl groups excluding tert-OH is 1. The number of nitrogens with zero attached hydrogens (tertiary/aromatic N) is 2. The van der Waals surface area contributed by atoms with E-state index in [1.54, 1.807) is 0 Å². The topological polar surface area (TPSA) is 38.7 Å². The summed E-state index contributed by atoms with van der Waals surface area (Å²) in [6, 6.07) is 32.2. The highest BCUT2D eigenvalue weighted by atomic mass is 16.3. The first kappa shape index (κ1) is 21.7. The van der Waals surface area contributed by atoms with Crippen molar-refractivity contribution in [1.82, 2.24) is 15.1 Å². The first-order chi connectivity index (χ1) is 15.3. The Hall–Kier alpha value is -2.50. The minimum atomic E-state index is -0.352. The fraction of sp³-hybridized carbons (Fsp3) is 0.333. The third kappa shape index (κ3) is 6.25. The number of hydrogen-bond acceptors (Lipinski definition) is 4. The van der Waals surface area contributed by atoms with E-state index in [0.29, 0.717) is 6.54 Å². The van der Waals surface area contributed by atoms with Gasteiger partial charge in [-0.15, -0.1) is 0 Å². The van der Waals surface area contributed by atoms with E-state index in [1.807, 2.05) is 18.2 Å². The number of rotatable bonds is 9. The molecular weight excluding hydrogens is 382 g/mol. The molecule has 0 amide bonds. The predicted octanol–water partition coefficient (Wildman–Crippen LogP) is 3.54. The molecule has 4 heteroatoms. The summed E-state index contributed by atoms with van der Waals surface area (Å²) in [5, 5.41) is 13.9. The number of benzene rings is 3. The first-order valence-corrected chi connectivity index (χ1v) is 11.3. The molecule has 0 radical (unpaired) electrons. The summed E-state index contributed by atoms with van der Waals surface area (Å²) in [5.41, 5.74) is 3.93. The Morgan fingerprint density at radius 1 is 0.710 bits per heavy atom. The fourth-order valence-corrected chi connectivity index (χ4v) is 4.43. The van der Waals surface area contributed by atoms with Gasteiger partial charge in [0.25, 0.3) is 0 Å². The molecule has 3 aromatic carbocycles. The SMILES string of the molecule is OC(CNCc1ccccc1)CN1CCN(C(c2ccccc2)c2ccccc2)CC1. The van der Waals surface area contributed by atoms with Crippen molar-refractivity contribution in [2.24, 2.45) is 0 Å². The Balaban J connectivity index is 1.28. The van der Waals surface area contributed by atoms with Gasteiger partial charge in [-0.05, 0) is 16.7 Å². The van der Waals surface area contributed by atoms with E-state index < -0.39 is 0 Å². The smallest absolute Gasteiger partial charge is 0.0791 e. The zero-order valence-corrected chi connectivity index (χ0v) is 18.1. The Labute approximate surface area is 186 Å². The van der Waals surface area contributed by atoms with Gasteiger partial charge in [-0.3, -0.25) is 9.80 Å². The largest absolute Gasteiger partial charge is 0.390 e. The summed E-state index contributed by atoms with van der Waals surface area (Å²) in [4.78, 5) is 4.96. The number of nitrogens with one attached hydrogen (secondary N) is 1. The van der Waals surface area contributed by atoms with Gasteiger partial charge in [-0.2, -0.15) is 0 Å². The average Bonchev–Trinajstić information content (AvgIpc) is 2.82. The maximum atomic E-state index is 10.5. The molecule has 1 saturated heterocycles. The van der Waals surface area contributed by atoms with Crippen LogP contribution < -0.4 is 5.32 Å². The van der Waals surface area contributed by atoms with Crippen molar-refractivity contribution in [1.29, 1.82) is 0 Å². The molecule has 0 aliphatic carbocycles. The summed E-state index contributed by atoms with van der Waals surface area (Å²) in [6.07, 6.45) is -0.352. The molecule has 31 heavy (non-hydrogen) atoms. The van der Waals surface area contributed by atoms with Gasteiger partial charge in [-0.25, -0.2) is 0 Å². The second kappa shape index (κ2) is 11.2. The van der Waals surface area contributed by atoms with Gasteiger partial charge in [0.05, 0.1) is 12.1 Å². The third-order valence-electron chi connectivity index (χ3n) is 6.02. The highest BCUT2D eigenvalue weighted by Gasteiger charge is 2.26. The molecule has 0 spiro atoms. The van der Waals surface area contributed by atoms with Crippen molar-refractivity contribution in [3.05, 3.63) is 108 Å². The molecule has 1 unspecified atom stereocenters. The molecule has 3 aromatic rings. The molecule has 1 heterocycles. The Morgan fingerprint density at radius 2 is 1.23 bits per heavy atom. The molecule has 0 bridgehead atoms. The van der Waals surface area contributed by atoms with Crippen LogP contribution in [-0.2, 0) is 6.54 Å². The molecule has 1 atom stereocenters. The van der Waals surface area contributed by atoms with Crippen molar-refractivity contribution < 1.29 is 5.11 Å². The second-order valence-corrected chi connectivity index (χ2v) is 8.33. The quantitative estimate of drug-likeness (QED) is 0.561. The summed E-state index contributed by atoms with van der Waals surface area (Å²) in [5.74, 6) is 0. The summed E-state index contributed by atoms with van der Waals surface area (Å²) in [7, 11) is 0. The van der Waals surface area contributed by atoms with Crippen LogP contribution in [0, 0.1) is 0 Å².